The SMILES string of the molecule is CCc1ccccc1-c1c(C)ccc2[cH-]c(-c3cc(C)c(C)o3)cc12.CCc1ccccc1-c1c(C)ccc2[cH-]c(-c3cc(C)c(C)o3)cc12.C[Si](C)=[Zr]([Cl])[Cl]. The van der Waals surface area contributed by atoms with Crippen LogP contribution in [0.15, 0.2) is 118 Å². The third kappa shape index (κ3) is 9.05. The second-order valence-electron chi connectivity index (χ2n) is 15.0. The Morgan fingerprint density at radius 1 is 0.536 bits per heavy atom. The Kier molecular flexibility index (Phi) is 13.7. The fourth-order valence-electron chi connectivity index (χ4n) is 7.36. The molecule has 0 radical (unpaired) electrons. The number of rotatable bonds is 6. The molecule has 0 aliphatic heterocycles. The molecule has 2 nitrogen and oxygen atoms in total. The van der Waals surface area contributed by atoms with Crippen LogP contribution in [0.5, 0.6) is 0 Å². The average Bonchev–Trinajstić information content (AvgIpc) is 3.97. The van der Waals surface area contributed by atoms with Crippen molar-refractivity contribution in [3.05, 3.63) is 154 Å². The number of hydrogen-bond donors (Lipinski definition) is 0. The van der Waals surface area contributed by atoms with Gasteiger partial charge < -0.3 is 8.83 Å². The Morgan fingerprint density at radius 3 is 1.23 bits per heavy atom. The summed E-state index contributed by atoms with van der Waals surface area (Å²) in [4.78, 5) is 0. The van der Waals surface area contributed by atoms with Gasteiger partial charge in [0, 0.05) is 0 Å². The molecule has 6 aromatic carbocycles. The van der Waals surface area contributed by atoms with E-state index in [0.717, 1.165) is 47.0 Å². The Labute approximate surface area is 348 Å². The van der Waals surface area contributed by atoms with Crippen molar-refractivity contribution in [1.29, 1.82) is 0 Å². The second-order valence-corrected chi connectivity index (χ2v) is 38.0. The van der Waals surface area contributed by atoms with Gasteiger partial charge in [-0.3, -0.25) is 0 Å². The average molecular weight is 875 g/mol. The van der Waals surface area contributed by atoms with Crippen LogP contribution in [0, 0.1) is 41.5 Å². The van der Waals surface area contributed by atoms with Gasteiger partial charge in [0.2, 0.25) is 0 Å². The van der Waals surface area contributed by atoms with E-state index >= 15 is 0 Å². The predicted molar refractivity (Wildman–Crippen MR) is 242 cm³/mol. The van der Waals surface area contributed by atoms with Crippen LogP contribution in [0.1, 0.15) is 58.7 Å². The van der Waals surface area contributed by atoms with Gasteiger partial charge in [-0.15, -0.1) is 57.9 Å². The molecule has 0 bridgehead atoms. The minimum absolute atomic E-state index is 0.224. The quantitative estimate of drug-likeness (QED) is 0.123. The molecule has 0 saturated carbocycles. The van der Waals surface area contributed by atoms with Crippen LogP contribution in [0.4, 0.5) is 0 Å². The molecule has 56 heavy (non-hydrogen) atoms. The van der Waals surface area contributed by atoms with Gasteiger partial charge >= 0.3 is 53.5 Å². The molecule has 0 spiro atoms. The molecular weight excluding hydrogens is 823 g/mol. The van der Waals surface area contributed by atoms with Crippen molar-refractivity contribution < 1.29 is 26.8 Å². The van der Waals surface area contributed by atoms with E-state index in [2.05, 4.69) is 164 Å². The molecule has 0 saturated heterocycles. The first kappa shape index (κ1) is 42.0. The number of halogens is 2. The van der Waals surface area contributed by atoms with Crippen molar-refractivity contribution in [2.45, 2.75) is 81.3 Å². The van der Waals surface area contributed by atoms with Crippen LogP contribution in [-0.2, 0) is 30.8 Å². The summed E-state index contributed by atoms with van der Waals surface area (Å²) in [6, 6.07) is 39.7. The monoisotopic (exact) mass is 872 g/mol. The minimum atomic E-state index is -1.65. The third-order valence-electron chi connectivity index (χ3n) is 10.8. The summed E-state index contributed by atoms with van der Waals surface area (Å²) < 4.78 is 11.9. The van der Waals surface area contributed by atoms with Crippen molar-refractivity contribution in [2.75, 3.05) is 0 Å². The van der Waals surface area contributed by atoms with Gasteiger partial charge in [0.05, 0.1) is 23.0 Å². The van der Waals surface area contributed by atoms with Crippen molar-refractivity contribution in [3.63, 3.8) is 0 Å². The number of benzene rings is 4. The van der Waals surface area contributed by atoms with E-state index in [1.54, 1.807) is 0 Å². The van der Waals surface area contributed by atoms with Crippen LogP contribution in [0.25, 0.3) is 66.4 Å². The van der Waals surface area contributed by atoms with Gasteiger partial charge in [-0.05, 0) is 111 Å². The molecule has 2 heterocycles. The number of fused-ring (bicyclic) bond motifs is 2. The van der Waals surface area contributed by atoms with Gasteiger partial charge in [0.15, 0.2) is 0 Å². The summed E-state index contributed by atoms with van der Waals surface area (Å²) >= 11 is -1.65. The summed E-state index contributed by atoms with van der Waals surface area (Å²) in [7, 11) is 11.2. The normalized spacial score (nSPS) is 11.0. The Hall–Kier alpha value is -3.66. The van der Waals surface area contributed by atoms with Crippen molar-refractivity contribution in [1.82, 2.24) is 0 Å². The second kappa shape index (κ2) is 18.3. The summed E-state index contributed by atoms with van der Waals surface area (Å²) in [5.41, 5.74) is 15.3. The molecular formula is C50H52Cl2O2SiZr-2. The number of hydrogen-bond acceptors (Lipinski definition) is 2. The topological polar surface area (TPSA) is 26.3 Å². The van der Waals surface area contributed by atoms with E-state index in [4.69, 9.17) is 25.9 Å². The molecule has 288 valence electrons. The van der Waals surface area contributed by atoms with E-state index in [0.29, 0.717) is 0 Å². The van der Waals surface area contributed by atoms with Crippen molar-refractivity contribution in [2.24, 2.45) is 0 Å². The maximum atomic E-state index is 5.95. The zero-order valence-electron chi connectivity index (χ0n) is 34.4. The fourth-order valence-corrected chi connectivity index (χ4v) is 7.36. The molecule has 0 fully saturated rings. The molecule has 6 heteroatoms. The van der Waals surface area contributed by atoms with Gasteiger partial charge in [-0.1, -0.05) is 96.8 Å². The summed E-state index contributed by atoms with van der Waals surface area (Å²) in [5, 5.41) is 5.16. The predicted octanol–water partition coefficient (Wildman–Crippen LogP) is 16.1. The maximum absolute atomic E-state index is 5.95. The summed E-state index contributed by atoms with van der Waals surface area (Å²) in [6.07, 6.45) is 2.08. The number of furan rings is 2. The molecule has 8 aromatic rings. The molecule has 0 aliphatic rings. The van der Waals surface area contributed by atoms with Crippen LogP contribution in [0.2, 0.25) is 13.1 Å². The molecule has 0 aliphatic carbocycles. The summed E-state index contributed by atoms with van der Waals surface area (Å²) in [5.74, 6) is 3.90. The van der Waals surface area contributed by atoms with Crippen LogP contribution in [0.3, 0.4) is 0 Å². The first-order valence-corrected chi connectivity index (χ1v) is 32.0. The zero-order valence-corrected chi connectivity index (χ0v) is 39.3. The summed E-state index contributed by atoms with van der Waals surface area (Å²) in [6.45, 7) is 21.4. The Balaban J connectivity index is 0.000000166. The van der Waals surface area contributed by atoms with Gasteiger partial charge in [-0.2, -0.15) is 0 Å². The van der Waals surface area contributed by atoms with E-state index in [1.807, 2.05) is 13.8 Å². The van der Waals surface area contributed by atoms with Crippen molar-refractivity contribution >= 4 is 44.0 Å². The van der Waals surface area contributed by atoms with Crippen LogP contribution < -0.4 is 0 Å². The Morgan fingerprint density at radius 2 is 0.911 bits per heavy atom. The molecule has 0 amide bonds. The van der Waals surface area contributed by atoms with Gasteiger partial charge in [0.25, 0.3) is 0 Å². The van der Waals surface area contributed by atoms with Crippen molar-refractivity contribution in [3.8, 4) is 44.9 Å². The molecule has 0 N–H and O–H groups in total. The molecule has 8 rings (SSSR count). The molecule has 0 atom stereocenters. The first-order valence-electron chi connectivity index (χ1n) is 19.5. The van der Waals surface area contributed by atoms with E-state index < -0.39 is 18.0 Å². The zero-order chi connectivity index (χ0) is 40.3. The van der Waals surface area contributed by atoms with E-state index in [1.165, 1.54) is 77.2 Å². The standard InChI is InChI=1S/2C24H23O.C2H6Si.2ClH.Zr/c2*1-5-18-8-6-7-9-21(18)24-15(2)10-11-19-13-20(14-22(19)24)23-12-16(3)17(4)25-23;1-3-2;;;/h2*6-14H,5H2,1-4H3;1-2H3;2*1H;/q2*-1;;;;+2/p-2. The third-order valence-corrected chi connectivity index (χ3v) is 30.6. The van der Waals surface area contributed by atoms with E-state index in [9.17, 15) is 0 Å². The first-order chi connectivity index (χ1) is 26.8. The van der Waals surface area contributed by atoms with Crippen LogP contribution >= 0.6 is 17.0 Å². The fraction of sp³-hybridized carbons (Fsp3) is 0.240. The van der Waals surface area contributed by atoms with Crippen LogP contribution in [-0.4, -0.2) is 5.43 Å². The van der Waals surface area contributed by atoms with E-state index in [-0.39, 0.29) is 5.43 Å². The molecule has 0 unspecified atom stereocenters. The Bertz CT molecular complexity index is 2450. The van der Waals surface area contributed by atoms with Gasteiger partial charge in [-0.25, -0.2) is 0 Å². The molecule has 2 aromatic heterocycles. The van der Waals surface area contributed by atoms with Gasteiger partial charge in [0.1, 0.15) is 0 Å². The number of aryl methyl sites for hydroxylation is 8.